The summed E-state index contributed by atoms with van der Waals surface area (Å²) in [4.78, 5) is 15.0. The molecule has 5 rings (SSSR count). The monoisotopic (exact) mass is 426 g/mol. The molecule has 1 aliphatic heterocycles. The molecule has 0 bridgehead atoms. The minimum absolute atomic E-state index is 0.000316. The summed E-state index contributed by atoms with van der Waals surface area (Å²) in [6.07, 6.45) is 4.13. The number of nitrogens with zero attached hydrogens (tertiary/aromatic N) is 4. The van der Waals surface area contributed by atoms with Gasteiger partial charge < -0.3 is 14.2 Å². The number of amides is 1. The Morgan fingerprint density at radius 1 is 1.00 bits per heavy atom. The average Bonchev–Trinajstić information content (AvgIpc) is 3.49. The highest BCUT2D eigenvalue weighted by Crippen LogP contribution is 2.31. The van der Waals surface area contributed by atoms with Crippen LogP contribution in [0.4, 0.5) is 0 Å². The third kappa shape index (κ3) is 3.68. The molecule has 6 nitrogen and oxygen atoms in total. The number of benzene rings is 2. The molecule has 0 unspecified atom stereocenters. The Bertz CT molecular complexity index is 1250. The van der Waals surface area contributed by atoms with Crippen molar-refractivity contribution in [1.29, 1.82) is 0 Å². The molecule has 0 saturated heterocycles. The number of carbonyl (C=O) groups excluding carboxylic acids is 1. The fourth-order valence-corrected chi connectivity index (χ4v) is 4.16. The summed E-state index contributed by atoms with van der Waals surface area (Å²) in [5, 5.41) is 4.91. The van der Waals surface area contributed by atoms with Crippen molar-refractivity contribution < 1.29 is 9.53 Å². The van der Waals surface area contributed by atoms with Gasteiger partial charge in [0, 0.05) is 23.5 Å². The van der Waals surface area contributed by atoms with Crippen LogP contribution >= 0.6 is 0 Å². The molecule has 2 aromatic carbocycles. The molecule has 1 aliphatic rings. The number of hydrogen-bond acceptors (Lipinski definition) is 3. The fraction of sp³-hybridized carbons (Fsp3) is 0.231. The summed E-state index contributed by atoms with van der Waals surface area (Å²) in [6, 6.07) is 19.7. The molecule has 4 aromatic rings. The van der Waals surface area contributed by atoms with Gasteiger partial charge in [-0.1, -0.05) is 12.1 Å². The first-order valence-electron chi connectivity index (χ1n) is 10.9. The van der Waals surface area contributed by atoms with E-state index in [0.29, 0.717) is 18.7 Å². The molecule has 0 saturated carbocycles. The lowest BCUT2D eigenvalue weighted by atomic mass is 10.2. The summed E-state index contributed by atoms with van der Waals surface area (Å²) < 4.78 is 9.75. The Morgan fingerprint density at radius 3 is 2.44 bits per heavy atom. The zero-order chi connectivity index (χ0) is 22.2. The van der Waals surface area contributed by atoms with Crippen molar-refractivity contribution in [2.45, 2.75) is 40.0 Å². The van der Waals surface area contributed by atoms with Crippen LogP contribution in [0.3, 0.4) is 0 Å². The van der Waals surface area contributed by atoms with E-state index in [0.717, 1.165) is 28.5 Å². The number of carbonyl (C=O) groups is 1. The highest BCUT2D eigenvalue weighted by atomic mass is 16.5. The maximum atomic E-state index is 13.2. The molecule has 162 valence electrons. The number of fused-ring (bicyclic) bond motifs is 1. The Morgan fingerprint density at radius 2 is 1.75 bits per heavy atom. The van der Waals surface area contributed by atoms with E-state index in [-0.39, 0.29) is 12.0 Å². The molecule has 0 radical (unpaired) electrons. The average molecular weight is 427 g/mol. The van der Waals surface area contributed by atoms with Crippen molar-refractivity contribution in [1.82, 2.24) is 19.2 Å². The SMILES string of the molecule is Cc1cccc(-n2nc3c(c2-n2cccc2)CN(C(=O)c2ccc(OC(C)C)cc2)C3)c1. The fourth-order valence-electron chi connectivity index (χ4n) is 4.16. The third-order valence-electron chi connectivity index (χ3n) is 5.58. The van der Waals surface area contributed by atoms with Crippen LogP contribution in [-0.4, -0.2) is 31.3 Å². The lowest BCUT2D eigenvalue weighted by Gasteiger charge is -2.18. The molecule has 2 aromatic heterocycles. The van der Waals surface area contributed by atoms with Crippen LogP contribution in [-0.2, 0) is 13.1 Å². The van der Waals surface area contributed by atoms with Crippen LogP contribution in [0, 0.1) is 6.92 Å². The minimum Gasteiger partial charge on any atom is -0.491 e. The van der Waals surface area contributed by atoms with Gasteiger partial charge in [-0.2, -0.15) is 5.10 Å². The predicted octanol–water partition coefficient (Wildman–Crippen LogP) is 4.91. The molecular formula is C26H26N4O2. The van der Waals surface area contributed by atoms with Crippen molar-refractivity contribution in [2.24, 2.45) is 0 Å². The van der Waals surface area contributed by atoms with Crippen molar-refractivity contribution in [3.8, 4) is 17.3 Å². The van der Waals surface area contributed by atoms with Crippen LogP contribution in [0.2, 0.25) is 0 Å². The molecule has 3 heterocycles. The lowest BCUT2D eigenvalue weighted by molar-refractivity contribution is 0.0749. The summed E-state index contributed by atoms with van der Waals surface area (Å²) in [5.41, 5.74) is 4.86. The second kappa shape index (κ2) is 8.04. The van der Waals surface area contributed by atoms with Crippen LogP contribution in [0.5, 0.6) is 5.75 Å². The molecule has 0 fully saturated rings. The lowest BCUT2D eigenvalue weighted by Crippen LogP contribution is -2.26. The topological polar surface area (TPSA) is 52.3 Å². The number of hydrogen-bond donors (Lipinski definition) is 0. The zero-order valence-electron chi connectivity index (χ0n) is 18.5. The minimum atomic E-state index is -0.000316. The van der Waals surface area contributed by atoms with Gasteiger partial charge in [0.15, 0.2) is 0 Å². The van der Waals surface area contributed by atoms with E-state index in [9.17, 15) is 4.79 Å². The van der Waals surface area contributed by atoms with Gasteiger partial charge in [-0.25, -0.2) is 4.68 Å². The van der Waals surface area contributed by atoms with Crippen LogP contribution in [0.25, 0.3) is 11.5 Å². The van der Waals surface area contributed by atoms with E-state index in [2.05, 4.69) is 29.7 Å². The maximum Gasteiger partial charge on any atom is 0.254 e. The van der Waals surface area contributed by atoms with E-state index in [4.69, 9.17) is 9.84 Å². The normalized spacial score (nSPS) is 12.9. The second-order valence-electron chi connectivity index (χ2n) is 8.44. The van der Waals surface area contributed by atoms with E-state index in [1.54, 1.807) is 0 Å². The standard InChI is InChI=1S/C26H26N4O2/c1-18(2)32-22-11-9-20(10-12-22)26(31)29-16-23-24(17-29)27-30(21-8-6-7-19(3)15-21)25(23)28-13-4-5-14-28/h4-15,18H,16-17H2,1-3H3. The van der Waals surface area contributed by atoms with E-state index in [1.807, 2.05) is 78.3 Å². The van der Waals surface area contributed by atoms with Gasteiger partial charge in [-0.3, -0.25) is 4.79 Å². The van der Waals surface area contributed by atoms with Gasteiger partial charge in [0.2, 0.25) is 0 Å². The second-order valence-corrected chi connectivity index (χ2v) is 8.44. The van der Waals surface area contributed by atoms with Crippen LogP contribution in [0.15, 0.2) is 73.1 Å². The largest absolute Gasteiger partial charge is 0.491 e. The Labute approximate surface area is 187 Å². The molecule has 32 heavy (non-hydrogen) atoms. The van der Waals surface area contributed by atoms with E-state index in [1.165, 1.54) is 5.56 Å². The summed E-state index contributed by atoms with van der Waals surface area (Å²) in [7, 11) is 0. The number of rotatable bonds is 5. The summed E-state index contributed by atoms with van der Waals surface area (Å²) in [5.74, 6) is 1.75. The Balaban J connectivity index is 1.45. The Hall–Kier alpha value is -3.80. The van der Waals surface area contributed by atoms with Crippen molar-refractivity contribution in [3.63, 3.8) is 0 Å². The van der Waals surface area contributed by atoms with Gasteiger partial charge in [-0.15, -0.1) is 0 Å². The maximum absolute atomic E-state index is 13.2. The Kier molecular flexibility index (Phi) is 5.05. The van der Waals surface area contributed by atoms with Gasteiger partial charge >= 0.3 is 0 Å². The zero-order valence-corrected chi connectivity index (χ0v) is 18.5. The molecule has 0 aliphatic carbocycles. The highest BCUT2D eigenvalue weighted by molar-refractivity contribution is 5.94. The van der Waals surface area contributed by atoms with E-state index < -0.39 is 0 Å². The quantitative estimate of drug-likeness (QED) is 0.455. The molecular weight excluding hydrogens is 400 g/mol. The number of aromatic nitrogens is 3. The van der Waals surface area contributed by atoms with Gasteiger partial charge in [0.25, 0.3) is 5.91 Å². The summed E-state index contributed by atoms with van der Waals surface area (Å²) >= 11 is 0. The molecule has 6 heteroatoms. The van der Waals surface area contributed by atoms with Gasteiger partial charge in [0.05, 0.1) is 30.6 Å². The smallest absolute Gasteiger partial charge is 0.254 e. The molecule has 1 amide bonds. The molecule has 0 spiro atoms. The molecule has 0 atom stereocenters. The van der Waals surface area contributed by atoms with Gasteiger partial charge in [-0.05, 0) is 74.9 Å². The van der Waals surface area contributed by atoms with Crippen molar-refractivity contribution >= 4 is 5.91 Å². The van der Waals surface area contributed by atoms with Crippen molar-refractivity contribution in [2.75, 3.05) is 0 Å². The van der Waals surface area contributed by atoms with Crippen LogP contribution in [0.1, 0.15) is 41.0 Å². The predicted molar refractivity (Wildman–Crippen MR) is 123 cm³/mol. The van der Waals surface area contributed by atoms with Gasteiger partial charge in [0.1, 0.15) is 11.6 Å². The first-order chi connectivity index (χ1) is 15.5. The summed E-state index contributed by atoms with van der Waals surface area (Å²) in [6.45, 7) is 7.06. The number of aryl methyl sites for hydroxylation is 1. The first-order valence-corrected chi connectivity index (χ1v) is 10.9. The van der Waals surface area contributed by atoms with Crippen LogP contribution < -0.4 is 4.74 Å². The van der Waals surface area contributed by atoms with Crippen molar-refractivity contribution in [3.05, 3.63) is 95.4 Å². The third-order valence-corrected chi connectivity index (χ3v) is 5.58. The van der Waals surface area contributed by atoms with E-state index >= 15 is 0 Å². The first kappa shape index (κ1) is 20.1. The number of ether oxygens (including phenoxy) is 1. The highest BCUT2D eigenvalue weighted by Gasteiger charge is 2.31. The molecule has 0 N–H and O–H groups in total.